The number of carbonyl (C=O) groups excluding carboxylic acids is 1. The van der Waals surface area contributed by atoms with E-state index in [-0.39, 0.29) is 13.0 Å². The van der Waals surface area contributed by atoms with Crippen molar-refractivity contribution in [1.29, 1.82) is 0 Å². The minimum atomic E-state index is -4.69. The van der Waals surface area contributed by atoms with Gasteiger partial charge in [0.15, 0.2) is 5.13 Å². The van der Waals surface area contributed by atoms with Crippen LogP contribution in [0.15, 0.2) is 24.3 Å². The standard InChI is InChI=1S/C11H9FN2O3S2/c12-19(16,17)7-5-10(15)14(6-7)11-13-8-3-1-2-4-9(8)18-11/h1-4,7H,5-6H2. The number of para-hydroxylation sites is 1. The van der Waals surface area contributed by atoms with Gasteiger partial charge in [-0.2, -0.15) is 8.42 Å². The van der Waals surface area contributed by atoms with Crippen LogP contribution in [0.3, 0.4) is 0 Å². The molecule has 0 spiro atoms. The maximum Gasteiger partial charge on any atom is 0.307 e. The summed E-state index contributed by atoms with van der Waals surface area (Å²) < 4.78 is 35.6. The fraction of sp³-hybridized carbons (Fsp3) is 0.273. The van der Waals surface area contributed by atoms with Gasteiger partial charge in [0.2, 0.25) is 5.91 Å². The number of halogens is 1. The molecule has 0 aliphatic carbocycles. The number of hydrogen-bond donors (Lipinski definition) is 0. The van der Waals surface area contributed by atoms with Gasteiger partial charge in [-0.1, -0.05) is 23.5 Å². The molecule has 1 aromatic carbocycles. The van der Waals surface area contributed by atoms with Crippen molar-refractivity contribution >= 4 is 42.8 Å². The van der Waals surface area contributed by atoms with Crippen molar-refractivity contribution in [1.82, 2.24) is 4.98 Å². The summed E-state index contributed by atoms with van der Waals surface area (Å²) >= 11 is 1.29. The van der Waals surface area contributed by atoms with Gasteiger partial charge < -0.3 is 0 Å². The van der Waals surface area contributed by atoms with Crippen LogP contribution < -0.4 is 4.90 Å². The van der Waals surface area contributed by atoms with Gasteiger partial charge in [-0.15, -0.1) is 3.89 Å². The summed E-state index contributed by atoms with van der Waals surface area (Å²) in [7, 11) is -4.69. The van der Waals surface area contributed by atoms with E-state index < -0.39 is 21.4 Å². The van der Waals surface area contributed by atoms with Crippen LogP contribution in [0.5, 0.6) is 0 Å². The molecule has 1 aromatic heterocycles. The SMILES string of the molecule is O=C1CC(S(=O)(=O)F)CN1c1nc2ccccc2s1. The van der Waals surface area contributed by atoms with Gasteiger partial charge in [0.1, 0.15) is 5.25 Å². The van der Waals surface area contributed by atoms with Crippen LogP contribution >= 0.6 is 11.3 Å². The van der Waals surface area contributed by atoms with E-state index in [1.54, 1.807) is 6.07 Å². The molecule has 0 saturated carbocycles. The fourth-order valence-electron chi connectivity index (χ4n) is 2.02. The Kier molecular flexibility index (Phi) is 2.79. The van der Waals surface area contributed by atoms with Gasteiger partial charge in [-0.05, 0) is 12.1 Å². The molecule has 0 bridgehead atoms. The van der Waals surface area contributed by atoms with Gasteiger partial charge in [0.25, 0.3) is 0 Å². The minimum absolute atomic E-state index is 0.169. The molecule has 19 heavy (non-hydrogen) atoms. The number of benzene rings is 1. The van der Waals surface area contributed by atoms with E-state index in [9.17, 15) is 17.1 Å². The fourth-order valence-corrected chi connectivity index (χ4v) is 3.68. The quantitative estimate of drug-likeness (QED) is 0.792. The second-order valence-corrected chi connectivity index (χ2v) is 6.90. The Bertz CT molecular complexity index is 723. The van der Waals surface area contributed by atoms with Crippen LogP contribution in [0.2, 0.25) is 0 Å². The van der Waals surface area contributed by atoms with Crippen molar-refractivity contribution in [2.45, 2.75) is 11.7 Å². The molecule has 5 nitrogen and oxygen atoms in total. The summed E-state index contributed by atoms with van der Waals surface area (Å²) in [5.41, 5.74) is 0.738. The van der Waals surface area contributed by atoms with Crippen molar-refractivity contribution < 1.29 is 17.1 Å². The number of rotatable bonds is 2. The molecule has 1 atom stereocenters. The van der Waals surface area contributed by atoms with Crippen LogP contribution in [0.4, 0.5) is 9.02 Å². The molecule has 1 aliphatic heterocycles. The number of nitrogens with zero attached hydrogens (tertiary/aromatic N) is 2. The first-order chi connectivity index (χ1) is 8.95. The Morgan fingerprint density at radius 2 is 2.11 bits per heavy atom. The summed E-state index contributed by atoms with van der Waals surface area (Å²) in [6, 6.07) is 7.34. The average molecular weight is 300 g/mol. The maximum absolute atomic E-state index is 12.9. The van der Waals surface area contributed by atoms with Crippen LogP contribution in [0, 0.1) is 0 Å². The molecule has 2 aromatic rings. The number of thiazole rings is 1. The normalized spacial score (nSPS) is 20.4. The molecule has 8 heteroatoms. The van der Waals surface area contributed by atoms with E-state index in [1.807, 2.05) is 18.2 Å². The maximum atomic E-state index is 12.9. The Balaban J connectivity index is 1.96. The molecular formula is C11H9FN2O3S2. The Labute approximate surface area is 112 Å². The molecule has 0 N–H and O–H groups in total. The van der Waals surface area contributed by atoms with E-state index in [4.69, 9.17) is 0 Å². The third-order valence-electron chi connectivity index (χ3n) is 3.00. The highest BCUT2D eigenvalue weighted by atomic mass is 32.3. The largest absolute Gasteiger partial charge is 0.307 e. The zero-order chi connectivity index (χ0) is 13.6. The van der Waals surface area contributed by atoms with E-state index in [0.29, 0.717) is 5.13 Å². The summed E-state index contributed by atoms with van der Waals surface area (Å²) in [6.07, 6.45) is -0.325. The lowest BCUT2D eigenvalue weighted by molar-refractivity contribution is -0.117. The first-order valence-electron chi connectivity index (χ1n) is 5.54. The summed E-state index contributed by atoms with van der Waals surface area (Å²) in [4.78, 5) is 17.3. The number of amides is 1. The molecule has 1 amide bonds. The summed E-state index contributed by atoms with van der Waals surface area (Å²) in [5, 5.41) is -0.871. The molecule has 1 saturated heterocycles. The van der Waals surface area contributed by atoms with Gasteiger partial charge in [0, 0.05) is 13.0 Å². The molecule has 2 heterocycles. The Morgan fingerprint density at radius 3 is 2.74 bits per heavy atom. The number of aromatic nitrogens is 1. The molecule has 0 radical (unpaired) electrons. The topological polar surface area (TPSA) is 67.3 Å². The average Bonchev–Trinajstić information content (AvgIpc) is 2.90. The smallest absolute Gasteiger partial charge is 0.287 e. The second kappa shape index (κ2) is 4.24. The van der Waals surface area contributed by atoms with Gasteiger partial charge >= 0.3 is 10.2 Å². The number of fused-ring (bicyclic) bond motifs is 1. The molecule has 3 rings (SSSR count). The second-order valence-electron chi connectivity index (χ2n) is 4.27. The number of hydrogen-bond acceptors (Lipinski definition) is 5. The first kappa shape index (κ1) is 12.5. The van der Waals surface area contributed by atoms with Gasteiger partial charge in [0.05, 0.1) is 10.2 Å². The lowest BCUT2D eigenvalue weighted by atomic mass is 10.3. The Morgan fingerprint density at radius 1 is 1.37 bits per heavy atom. The Hall–Kier alpha value is -1.54. The van der Waals surface area contributed by atoms with Crippen molar-refractivity contribution in [2.75, 3.05) is 11.4 Å². The van der Waals surface area contributed by atoms with Crippen LogP contribution in [0.1, 0.15) is 6.42 Å². The number of carbonyl (C=O) groups is 1. The number of anilines is 1. The molecule has 1 unspecified atom stereocenters. The van der Waals surface area contributed by atoms with Gasteiger partial charge in [-0.25, -0.2) is 4.98 Å². The monoisotopic (exact) mass is 300 g/mol. The van der Waals surface area contributed by atoms with E-state index in [2.05, 4.69) is 4.98 Å². The highest BCUT2D eigenvalue weighted by Crippen LogP contribution is 2.32. The first-order valence-corrected chi connectivity index (χ1v) is 7.81. The van der Waals surface area contributed by atoms with Crippen molar-refractivity contribution in [3.8, 4) is 0 Å². The molecule has 1 aliphatic rings. The minimum Gasteiger partial charge on any atom is -0.287 e. The summed E-state index contributed by atoms with van der Waals surface area (Å²) in [6.45, 7) is -0.169. The highest BCUT2D eigenvalue weighted by Gasteiger charge is 2.40. The van der Waals surface area contributed by atoms with Crippen molar-refractivity contribution in [3.05, 3.63) is 24.3 Å². The zero-order valence-corrected chi connectivity index (χ0v) is 11.2. The lowest BCUT2D eigenvalue weighted by Crippen LogP contribution is -2.26. The van der Waals surface area contributed by atoms with Crippen molar-refractivity contribution in [3.63, 3.8) is 0 Å². The third-order valence-corrected chi connectivity index (χ3v) is 5.17. The van der Waals surface area contributed by atoms with Gasteiger partial charge in [-0.3, -0.25) is 9.69 Å². The molecule has 1 fully saturated rings. The zero-order valence-electron chi connectivity index (χ0n) is 9.61. The predicted molar refractivity (Wildman–Crippen MR) is 70.4 cm³/mol. The van der Waals surface area contributed by atoms with Crippen LogP contribution in [-0.4, -0.2) is 31.1 Å². The summed E-state index contributed by atoms with van der Waals surface area (Å²) in [5.74, 6) is -0.412. The predicted octanol–water partition coefficient (Wildman–Crippen LogP) is 1.70. The molecule has 100 valence electrons. The van der Waals surface area contributed by atoms with E-state index >= 15 is 0 Å². The highest BCUT2D eigenvalue weighted by molar-refractivity contribution is 7.87. The van der Waals surface area contributed by atoms with E-state index in [1.165, 1.54) is 16.2 Å². The molecular weight excluding hydrogens is 291 g/mol. The lowest BCUT2D eigenvalue weighted by Gasteiger charge is -2.11. The van der Waals surface area contributed by atoms with E-state index in [0.717, 1.165) is 10.2 Å². The van der Waals surface area contributed by atoms with Crippen LogP contribution in [-0.2, 0) is 15.0 Å². The van der Waals surface area contributed by atoms with Crippen LogP contribution in [0.25, 0.3) is 10.2 Å². The third kappa shape index (κ3) is 2.21. The van der Waals surface area contributed by atoms with Crippen molar-refractivity contribution in [2.24, 2.45) is 0 Å².